The maximum Gasteiger partial charge on any atom is 0.265 e. The van der Waals surface area contributed by atoms with Gasteiger partial charge in [0.1, 0.15) is 5.57 Å². The van der Waals surface area contributed by atoms with Crippen molar-refractivity contribution in [2.75, 3.05) is 6.54 Å². The molecule has 1 aliphatic heterocycles. The molecule has 2 aromatic rings. The van der Waals surface area contributed by atoms with Gasteiger partial charge in [-0.1, -0.05) is 29.3 Å². The molecule has 0 aliphatic carbocycles. The largest absolute Gasteiger partial charge is 0.318 e. The van der Waals surface area contributed by atoms with Gasteiger partial charge in [-0.05, 0) is 62.0 Å². The van der Waals surface area contributed by atoms with Gasteiger partial charge in [0, 0.05) is 23.6 Å². The van der Waals surface area contributed by atoms with Gasteiger partial charge in [0.2, 0.25) is 0 Å². The van der Waals surface area contributed by atoms with Crippen molar-refractivity contribution >= 4 is 58.4 Å². The maximum atomic E-state index is 12.7. The van der Waals surface area contributed by atoms with E-state index in [0.717, 1.165) is 22.6 Å². The van der Waals surface area contributed by atoms with E-state index in [-0.39, 0.29) is 17.2 Å². The molecule has 1 aliphatic rings. The zero-order chi connectivity index (χ0) is 20.6. The summed E-state index contributed by atoms with van der Waals surface area (Å²) in [7, 11) is 0. The van der Waals surface area contributed by atoms with Crippen LogP contribution in [0.2, 0.25) is 10.0 Å². The third-order valence-corrected chi connectivity index (χ3v) is 5.49. The van der Waals surface area contributed by atoms with E-state index in [1.165, 1.54) is 4.90 Å². The normalized spacial score (nSPS) is 15.9. The fourth-order valence-electron chi connectivity index (χ4n) is 3.10. The lowest BCUT2D eigenvalue weighted by Crippen LogP contribution is -2.53. The van der Waals surface area contributed by atoms with Crippen LogP contribution in [0, 0.1) is 13.8 Å². The number of aromatic nitrogens is 1. The van der Waals surface area contributed by atoms with Crippen LogP contribution in [-0.4, -0.2) is 32.9 Å². The third kappa shape index (κ3) is 3.63. The molecule has 0 spiro atoms. The van der Waals surface area contributed by atoms with Crippen LogP contribution in [0.3, 0.4) is 0 Å². The molecule has 0 bridgehead atoms. The second-order valence-corrected chi connectivity index (χ2v) is 7.48. The van der Waals surface area contributed by atoms with E-state index in [0.29, 0.717) is 10.0 Å². The summed E-state index contributed by atoms with van der Waals surface area (Å²) in [6, 6.07) is 7.25. The number of carbonyl (C=O) groups is 2. The smallest absolute Gasteiger partial charge is 0.265 e. The molecule has 1 aromatic carbocycles. The Labute approximate surface area is 178 Å². The molecule has 5 nitrogen and oxygen atoms in total. The Balaban J connectivity index is 2.06. The van der Waals surface area contributed by atoms with Gasteiger partial charge in [-0.3, -0.25) is 19.8 Å². The van der Waals surface area contributed by atoms with Crippen LogP contribution in [0.4, 0.5) is 0 Å². The molecule has 0 unspecified atom stereocenters. The van der Waals surface area contributed by atoms with Crippen LogP contribution in [0.1, 0.15) is 17.0 Å². The summed E-state index contributed by atoms with van der Waals surface area (Å²) in [6.07, 6.45) is 3.13. The van der Waals surface area contributed by atoms with Crippen LogP contribution >= 0.6 is 35.4 Å². The number of hydrogen-bond donors (Lipinski definition) is 1. The van der Waals surface area contributed by atoms with Crippen molar-refractivity contribution in [3.8, 4) is 5.69 Å². The van der Waals surface area contributed by atoms with Gasteiger partial charge in [-0.25, -0.2) is 0 Å². The molecule has 1 N–H and O–H groups in total. The zero-order valence-corrected chi connectivity index (χ0v) is 17.6. The molecule has 144 valence electrons. The van der Waals surface area contributed by atoms with Gasteiger partial charge in [0.05, 0.1) is 10.0 Å². The number of rotatable bonds is 4. The molecule has 8 heteroatoms. The Morgan fingerprint density at radius 3 is 2.54 bits per heavy atom. The Hall–Kier alpha value is -2.41. The Bertz CT molecular complexity index is 1060. The molecule has 2 amide bonds. The number of halogens is 2. The van der Waals surface area contributed by atoms with Crippen molar-refractivity contribution in [1.29, 1.82) is 0 Å². The number of nitrogens with zero attached hydrogens (tertiary/aromatic N) is 2. The lowest BCUT2D eigenvalue weighted by molar-refractivity contribution is -0.128. The fourth-order valence-corrected chi connectivity index (χ4v) is 3.64. The summed E-state index contributed by atoms with van der Waals surface area (Å²) in [5.41, 5.74) is 3.37. The Kier molecular flexibility index (Phi) is 5.74. The minimum absolute atomic E-state index is 0.0184. The number of amides is 2. The quantitative estimate of drug-likeness (QED) is 0.340. The lowest BCUT2D eigenvalue weighted by Gasteiger charge is -2.27. The van der Waals surface area contributed by atoms with E-state index in [2.05, 4.69) is 11.9 Å². The first-order chi connectivity index (χ1) is 13.2. The first-order valence-corrected chi connectivity index (χ1v) is 9.55. The van der Waals surface area contributed by atoms with Crippen molar-refractivity contribution in [1.82, 2.24) is 14.8 Å². The molecular weight excluding hydrogens is 417 g/mol. The third-order valence-electron chi connectivity index (χ3n) is 4.43. The second kappa shape index (κ2) is 7.91. The van der Waals surface area contributed by atoms with Crippen molar-refractivity contribution in [3.05, 3.63) is 69.5 Å². The number of carbonyl (C=O) groups excluding carboxylic acids is 2. The van der Waals surface area contributed by atoms with Gasteiger partial charge in [0.15, 0.2) is 5.11 Å². The molecular formula is C20H17Cl2N3O2S. The molecule has 3 rings (SSSR count). The lowest BCUT2D eigenvalue weighted by atomic mass is 10.1. The molecule has 0 saturated carbocycles. The highest BCUT2D eigenvalue weighted by molar-refractivity contribution is 7.80. The topological polar surface area (TPSA) is 54.3 Å². The first kappa shape index (κ1) is 20.3. The van der Waals surface area contributed by atoms with Crippen molar-refractivity contribution in [2.24, 2.45) is 0 Å². The molecule has 1 saturated heterocycles. The number of hydrogen-bond acceptors (Lipinski definition) is 3. The average molecular weight is 434 g/mol. The highest BCUT2D eigenvalue weighted by Gasteiger charge is 2.32. The summed E-state index contributed by atoms with van der Waals surface area (Å²) < 4.78 is 1.98. The average Bonchev–Trinajstić information content (AvgIpc) is 2.91. The van der Waals surface area contributed by atoms with Crippen LogP contribution in [0.5, 0.6) is 0 Å². The van der Waals surface area contributed by atoms with Crippen LogP contribution in [0.15, 0.2) is 42.5 Å². The molecule has 2 heterocycles. The van der Waals surface area contributed by atoms with Crippen LogP contribution in [-0.2, 0) is 9.59 Å². The van der Waals surface area contributed by atoms with Crippen molar-refractivity contribution in [3.63, 3.8) is 0 Å². The van der Waals surface area contributed by atoms with Gasteiger partial charge in [-0.2, -0.15) is 0 Å². The van der Waals surface area contributed by atoms with E-state index in [9.17, 15) is 9.59 Å². The predicted molar refractivity (Wildman–Crippen MR) is 116 cm³/mol. The van der Waals surface area contributed by atoms with Gasteiger partial charge < -0.3 is 4.57 Å². The SMILES string of the molecule is C=CCN1C(=O)/C(=C\c2cc(C)n(-c3ccc(Cl)c(Cl)c3)c2C)C(=O)NC1=S. The van der Waals surface area contributed by atoms with Crippen molar-refractivity contribution in [2.45, 2.75) is 13.8 Å². The summed E-state index contributed by atoms with van der Waals surface area (Å²) in [6.45, 7) is 7.67. The maximum absolute atomic E-state index is 12.7. The Morgan fingerprint density at radius 1 is 1.18 bits per heavy atom. The van der Waals surface area contributed by atoms with Gasteiger partial charge in [0.25, 0.3) is 11.8 Å². The highest BCUT2D eigenvalue weighted by Crippen LogP contribution is 2.28. The van der Waals surface area contributed by atoms with E-state index >= 15 is 0 Å². The standard InChI is InChI=1S/C20H17Cl2N3O2S/c1-4-7-24-19(27)15(18(26)23-20(24)28)9-13-8-11(2)25(12(13)3)14-5-6-16(21)17(22)10-14/h4-6,8-10H,1,7H2,2-3H3,(H,23,26,28)/b15-9-. The second-order valence-electron chi connectivity index (χ2n) is 6.28. The monoisotopic (exact) mass is 433 g/mol. The summed E-state index contributed by atoms with van der Waals surface area (Å²) in [5.74, 6) is -0.970. The van der Waals surface area contributed by atoms with E-state index in [1.807, 2.05) is 30.5 Å². The number of nitrogens with one attached hydrogen (secondary N) is 1. The van der Waals surface area contributed by atoms with Gasteiger partial charge in [-0.15, -0.1) is 6.58 Å². The molecule has 0 atom stereocenters. The molecule has 28 heavy (non-hydrogen) atoms. The Morgan fingerprint density at radius 2 is 1.89 bits per heavy atom. The van der Waals surface area contributed by atoms with Crippen LogP contribution in [0.25, 0.3) is 11.8 Å². The minimum Gasteiger partial charge on any atom is -0.318 e. The van der Waals surface area contributed by atoms with E-state index < -0.39 is 11.8 Å². The first-order valence-electron chi connectivity index (χ1n) is 8.38. The summed E-state index contributed by atoms with van der Waals surface area (Å²) in [5, 5.41) is 3.54. The van der Waals surface area contributed by atoms with Gasteiger partial charge >= 0.3 is 0 Å². The zero-order valence-electron chi connectivity index (χ0n) is 15.3. The molecule has 0 radical (unpaired) electrons. The minimum atomic E-state index is -0.519. The summed E-state index contributed by atoms with van der Waals surface area (Å²) >= 11 is 17.2. The number of benzene rings is 1. The molecule has 1 aromatic heterocycles. The highest BCUT2D eigenvalue weighted by atomic mass is 35.5. The fraction of sp³-hybridized carbons (Fsp3) is 0.150. The molecule has 1 fully saturated rings. The van der Waals surface area contributed by atoms with Crippen molar-refractivity contribution < 1.29 is 9.59 Å². The van der Waals surface area contributed by atoms with E-state index in [4.69, 9.17) is 35.4 Å². The predicted octanol–water partition coefficient (Wildman–Crippen LogP) is 4.21. The number of aryl methyl sites for hydroxylation is 1. The van der Waals surface area contributed by atoms with E-state index in [1.54, 1.807) is 24.3 Å². The van der Waals surface area contributed by atoms with Crippen LogP contribution < -0.4 is 5.32 Å². The summed E-state index contributed by atoms with van der Waals surface area (Å²) in [4.78, 5) is 26.4. The number of thiocarbonyl (C=S) groups is 1.